The summed E-state index contributed by atoms with van der Waals surface area (Å²) in [4.78, 5) is 8.64. The van der Waals surface area contributed by atoms with Crippen LogP contribution in [0.4, 0.5) is 5.95 Å². The number of nitrogens with zero attached hydrogens (tertiary/aromatic N) is 5. The number of nitrogens with two attached hydrogens (primary N) is 1. The van der Waals surface area contributed by atoms with Crippen molar-refractivity contribution in [1.82, 2.24) is 24.1 Å². The number of hydrogen-bond donors (Lipinski definition) is 1. The van der Waals surface area contributed by atoms with Gasteiger partial charge in [-0.1, -0.05) is 0 Å². The van der Waals surface area contributed by atoms with E-state index in [0.717, 1.165) is 16.7 Å². The molecular weight excluding hydrogens is 244 g/mol. The Kier molecular flexibility index (Phi) is 1.78. The van der Waals surface area contributed by atoms with Gasteiger partial charge >= 0.3 is 0 Å². The van der Waals surface area contributed by atoms with Gasteiger partial charge in [0.1, 0.15) is 16.7 Å². The van der Waals surface area contributed by atoms with Crippen molar-refractivity contribution < 1.29 is 4.42 Å². The Bertz CT molecular complexity index is 886. The maximum Gasteiger partial charge on any atom is 0.223 e. The minimum atomic E-state index is 0.323. The van der Waals surface area contributed by atoms with Crippen LogP contribution in [0.5, 0.6) is 0 Å². The lowest BCUT2D eigenvalue weighted by Crippen LogP contribution is -2.03. The smallest absolute Gasteiger partial charge is 0.223 e. The molecule has 0 fully saturated rings. The Labute approximate surface area is 107 Å². The van der Waals surface area contributed by atoms with E-state index in [4.69, 9.17) is 10.2 Å². The molecule has 0 aromatic carbocycles. The summed E-state index contributed by atoms with van der Waals surface area (Å²) in [6, 6.07) is 5.56. The number of nitrogen functional groups attached to an aromatic ring is 1. The molecule has 0 saturated heterocycles. The summed E-state index contributed by atoms with van der Waals surface area (Å²) in [7, 11) is 1.88. The molecule has 0 amide bonds. The average Bonchev–Trinajstić information content (AvgIpc) is 3.08. The van der Waals surface area contributed by atoms with Gasteiger partial charge in [0.05, 0.1) is 12.6 Å². The second-order valence-corrected chi connectivity index (χ2v) is 4.30. The first-order valence-electron chi connectivity index (χ1n) is 5.74. The van der Waals surface area contributed by atoms with E-state index in [1.165, 1.54) is 0 Å². The summed E-state index contributed by atoms with van der Waals surface area (Å²) >= 11 is 0. The maximum absolute atomic E-state index is 5.93. The highest BCUT2D eigenvalue weighted by atomic mass is 16.3. The van der Waals surface area contributed by atoms with Crippen molar-refractivity contribution in [2.45, 2.75) is 0 Å². The minimum Gasteiger partial charge on any atom is -0.463 e. The number of aryl methyl sites for hydroxylation is 1. The Morgan fingerprint density at radius 1 is 1.37 bits per heavy atom. The topological polar surface area (TPSA) is 87.2 Å². The number of furan rings is 1. The molecule has 19 heavy (non-hydrogen) atoms. The molecule has 94 valence electrons. The van der Waals surface area contributed by atoms with Gasteiger partial charge in [-0.15, -0.1) is 0 Å². The van der Waals surface area contributed by atoms with E-state index in [1.807, 2.05) is 29.8 Å². The molecule has 7 heteroatoms. The van der Waals surface area contributed by atoms with Gasteiger partial charge in [0, 0.05) is 7.05 Å². The standard InChI is InChI=1S/C12H10N6O/c1-17-6-14-10-8-5-7(9-3-2-4-19-9)16-18(8)12(13)15-11(10)17/h2-6H,1H3,(H2,13,15). The zero-order chi connectivity index (χ0) is 13.0. The van der Waals surface area contributed by atoms with E-state index < -0.39 is 0 Å². The van der Waals surface area contributed by atoms with Gasteiger partial charge in [0.2, 0.25) is 5.95 Å². The first-order chi connectivity index (χ1) is 9.24. The fraction of sp³-hybridized carbons (Fsp3) is 0.0833. The van der Waals surface area contributed by atoms with E-state index in [1.54, 1.807) is 17.1 Å². The molecule has 0 atom stereocenters. The molecule has 0 aliphatic heterocycles. The Hall–Kier alpha value is -2.83. The molecular formula is C12H10N6O. The zero-order valence-corrected chi connectivity index (χ0v) is 10.1. The molecule has 0 radical (unpaired) electrons. The van der Waals surface area contributed by atoms with Gasteiger partial charge in [-0.2, -0.15) is 14.6 Å². The number of fused-ring (bicyclic) bond motifs is 3. The van der Waals surface area contributed by atoms with Crippen LogP contribution in [-0.2, 0) is 7.05 Å². The van der Waals surface area contributed by atoms with Crippen LogP contribution in [0, 0.1) is 0 Å². The molecule has 4 aromatic rings. The Balaban J connectivity index is 2.12. The third kappa shape index (κ3) is 1.29. The van der Waals surface area contributed by atoms with Crippen molar-refractivity contribution in [2.75, 3.05) is 5.73 Å². The molecule has 4 heterocycles. The number of rotatable bonds is 1. The van der Waals surface area contributed by atoms with Crippen LogP contribution in [-0.4, -0.2) is 24.1 Å². The normalized spacial score (nSPS) is 11.6. The molecule has 7 nitrogen and oxygen atoms in total. The number of imidazole rings is 1. The largest absolute Gasteiger partial charge is 0.463 e. The predicted molar refractivity (Wildman–Crippen MR) is 69.4 cm³/mol. The van der Waals surface area contributed by atoms with Crippen molar-refractivity contribution >= 4 is 22.6 Å². The predicted octanol–water partition coefficient (Wildman–Crippen LogP) is 1.46. The van der Waals surface area contributed by atoms with Crippen molar-refractivity contribution in [2.24, 2.45) is 7.05 Å². The van der Waals surface area contributed by atoms with Crippen LogP contribution in [0.3, 0.4) is 0 Å². The summed E-state index contributed by atoms with van der Waals surface area (Å²) in [5.41, 5.74) is 8.95. The Morgan fingerprint density at radius 2 is 2.26 bits per heavy atom. The summed E-state index contributed by atoms with van der Waals surface area (Å²) < 4.78 is 8.74. The highest BCUT2D eigenvalue weighted by molar-refractivity contribution is 5.90. The van der Waals surface area contributed by atoms with E-state index in [-0.39, 0.29) is 0 Å². The number of hydrogen-bond acceptors (Lipinski definition) is 5. The molecule has 4 aromatic heterocycles. The lowest BCUT2D eigenvalue weighted by molar-refractivity contribution is 0.579. The van der Waals surface area contributed by atoms with Gasteiger partial charge in [0.25, 0.3) is 0 Å². The van der Waals surface area contributed by atoms with Crippen molar-refractivity contribution in [1.29, 1.82) is 0 Å². The first kappa shape index (κ1) is 10.1. The van der Waals surface area contributed by atoms with E-state index in [0.29, 0.717) is 17.4 Å². The fourth-order valence-electron chi connectivity index (χ4n) is 2.16. The molecule has 0 saturated carbocycles. The second-order valence-electron chi connectivity index (χ2n) is 4.30. The lowest BCUT2D eigenvalue weighted by atomic mass is 10.3. The molecule has 2 N–H and O–H groups in total. The highest BCUT2D eigenvalue weighted by Gasteiger charge is 2.15. The van der Waals surface area contributed by atoms with Gasteiger partial charge < -0.3 is 14.7 Å². The summed E-state index contributed by atoms with van der Waals surface area (Å²) in [5.74, 6) is 1.01. The van der Waals surface area contributed by atoms with Gasteiger partial charge in [0.15, 0.2) is 11.4 Å². The number of aromatic nitrogens is 5. The number of anilines is 1. The average molecular weight is 254 g/mol. The van der Waals surface area contributed by atoms with Gasteiger partial charge in [-0.3, -0.25) is 0 Å². The zero-order valence-electron chi connectivity index (χ0n) is 10.1. The van der Waals surface area contributed by atoms with Crippen LogP contribution in [0.1, 0.15) is 0 Å². The molecule has 0 aliphatic carbocycles. The van der Waals surface area contributed by atoms with Crippen LogP contribution in [0.25, 0.3) is 28.1 Å². The van der Waals surface area contributed by atoms with E-state index in [9.17, 15) is 0 Å². The molecule has 0 aliphatic rings. The quantitative estimate of drug-likeness (QED) is 0.555. The van der Waals surface area contributed by atoms with Crippen LogP contribution in [0.15, 0.2) is 35.2 Å². The van der Waals surface area contributed by atoms with Crippen LogP contribution >= 0.6 is 0 Å². The van der Waals surface area contributed by atoms with E-state index >= 15 is 0 Å². The molecule has 0 spiro atoms. The monoisotopic (exact) mass is 254 g/mol. The van der Waals surface area contributed by atoms with Gasteiger partial charge in [-0.05, 0) is 18.2 Å². The lowest BCUT2D eigenvalue weighted by Gasteiger charge is -1.99. The van der Waals surface area contributed by atoms with Crippen LogP contribution in [0.2, 0.25) is 0 Å². The van der Waals surface area contributed by atoms with Crippen molar-refractivity contribution in [3.8, 4) is 11.5 Å². The maximum atomic E-state index is 5.93. The third-order valence-corrected chi connectivity index (χ3v) is 3.07. The van der Waals surface area contributed by atoms with Crippen LogP contribution < -0.4 is 5.73 Å². The summed E-state index contributed by atoms with van der Waals surface area (Å²) in [6.45, 7) is 0. The Morgan fingerprint density at radius 3 is 3.05 bits per heavy atom. The summed E-state index contributed by atoms with van der Waals surface area (Å²) in [6.07, 6.45) is 3.31. The minimum absolute atomic E-state index is 0.323. The van der Waals surface area contributed by atoms with Gasteiger partial charge in [-0.25, -0.2) is 4.98 Å². The highest BCUT2D eigenvalue weighted by Crippen LogP contribution is 2.25. The first-order valence-corrected chi connectivity index (χ1v) is 5.74. The molecule has 0 unspecified atom stereocenters. The molecule has 4 rings (SSSR count). The molecule has 0 bridgehead atoms. The van der Waals surface area contributed by atoms with Crippen molar-refractivity contribution in [3.05, 3.63) is 30.8 Å². The fourth-order valence-corrected chi connectivity index (χ4v) is 2.16. The third-order valence-electron chi connectivity index (χ3n) is 3.07. The SMILES string of the molecule is Cn1cnc2c1nc(N)n1nc(-c3ccco3)cc21. The van der Waals surface area contributed by atoms with Crippen molar-refractivity contribution in [3.63, 3.8) is 0 Å². The summed E-state index contributed by atoms with van der Waals surface area (Å²) in [5, 5.41) is 4.40. The second kappa shape index (κ2) is 3.35. The van der Waals surface area contributed by atoms with E-state index in [2.05, 4.69) is 15.1 Å².